The largest absolute Gasteiger partial charge is 0.416 e. The molecule has 32 heavy (non-hydrogen) atoms. The van der Waals surface area contributed by atoms with E-state index < -0.39 is 17.8 Å². The minimum absolute atomic E-state index is 0.0634. The Hall–Kier alpha value is -2.55. The first-order valence-corrected chi connectivity index (χ1v) is 11.0. The number of carbonyl (C=O) groups excluding carboxylic acids is 2. The lowest BCUT2D eigenvalue weighted by molar-refractivity contribution is -0.137. The molecule has 2 N–H and O–H groups in total. The Labute approximate surface area is 187 Å². The second kappa shape index (κ2) is 11.9. The number of carbonyl (C=O) groups is 2. The average molecular weight is 455 g/mol. The monoisotopic (exact) mass is 454 g/mol. The zero-order chi connectivity index (χ0) is 23.7. The Morgan fingerprint density at radius 1 is 1.31 bits per heavy atom. The maximum atomic E-state index is 13.0. The molecule has 1 unspecified atom stereocenters. The Morgan fingerprint density at radius 3 is 2.59 bits per heavy atom. The molecule has 178 valence electrons. The standard InChI is InChI=1S/C23H33F3N4O2/c1-4-7-17(3)29-13-10-20(11-14-29)30(15-12-27-21(31)5-2)22(32)28-19-9-6-8-18(16-19)23(24,25)26/h5-6,8-9,16-17,20H,2,4,7,10-15H2,1,3H3,(H,27,31)(H,28,32). The number of halogens is 3. The molecule has 0 aliphatic carbocycles. The summed E-state index contributed by atoms with van der Waals surface area (Å²) in [6.45, 7) is 9.93. The SMILES string of the molecule is C=CC(=O)NCCN(C(=O)Nc1cccc(C(F)(F)F)c1)C1CCN(C(C)CCC)CC1. The Kier molecular flexibility index (Phi) is 9.56. The summed E-state index contributed by atoms with van der Waals surface area (Å²) in [4.78, 5) is 28.5. The average Bonchev–Trinajstić information content (AvgIpc) is 2.76. The number of urea groups is 1. The molecule has 0 radical (unpaired) electrons. The highest BCUT2D eigenvalue weighted by atomic mass is 19.4. The quantitative estimate of drug-likeness (QED) is 0.540. The van der Waals surface area contributed by atoms with Gasteiger partial charge in [-0.25, -0.2) is 4.79 Å². The Morgan fingerprint density at radius 2 is 2.00 bits per heavy atom. The molecule has 1 atom stereocenters. The summed E-state index contributed by atoms with van der Waals surface area (Å²) in [6, 6.07) is 4.51. The van der Waals surface area contributed by atoms with Gasteiger partial charge in [-0.2, -0.15) is 13.2 Å². The molecule has 3 amide bonds. The van der Waals surface area contributed by atoms with Crippen LogP contribution in [0.25, 0.3) is 0 Å². The van der Waals surface area contributed by atoms with Crippen molar-refractivity contribution in [1.29, 1.82) is 0 Å². The molecule has 6 nitrogen and oxygen atoms in total. The van der Waals surface area contributed by atoms with Crippen LogP contribution in [0, 0.1) is 0 Å². The predicted octanol–water partition coefficient (Wildman–Crippen LogP) is 4.49. The van der Waals surface area contributed by atoms with Crippen molar-refractivity contribution in [3.63, 3.8) is 0 Å². The van der Waals surface area contributed by atoms with Gasteiger partial charge in [0.1, 0.15) is 0 Å². The molecule has 0 aromatic heterocycles. The molecular formula is C23H33F3N4O2. The molecule has 1 aliphatic heterocycles. The van der Waals surface area contributed by atoms with Crippen molar-refractivity contribution < 1.29 is 22.8 Å². The first-order valence-electron chi connectivity index (χ1n) is 11.0. The van der Waals surface area contributed by atoms with E-state index in [1.165, 1.54) is 12.1 Å². The number of benzene rings is 1. The van der Waals surface area contributed by atoms with Crippen LogP contribution >= 0.6 is 0 Å². The van der Waals surface area contributed by atoms with Crippen LogP contribution in [0.1, 0.15) is 45.1 Å². The zero-order valence-electron chi connectivity index (χ0n) is 18.8. The van der Waals surface area contributed by atoms with Gasteiger partial charge in [-0.1, -0.05) is 26.0 Å². The van der Waals surface area contributed by atoms with Gasteiger partial charge >= 0.3 is 12.2 Å². The molecule has 1 aromatic carbocycles. The third-order valence-corrected chi connectivity index (χ3v) is 5.81. The van der Waals surface area contributed by atoms with Gasteiger partial charge in [0.25, 0.3) is 0 Å². The molecule has 1 aromatic rings. The highest BCUT2D eigenvalue weighted by molar-refractivity contribution is 5.90. The summed E-state index contributed by atoms with van der Waals surface area (Å²) in [5.74, 6) is -0.341. The first-order chi connectivity index (χ1) is 15.2. The van der Waals surface area contributed by atoms with Crippen molar-refractivity contribution in [2.24, 2.45) is 0 Å². The first kappa shape index (κ1) is 25.7. The number of likely N-dealkylation sites (tertiary alicyclic amines) is 1. The minimum atomic E-state index is -4.49. The fraction of sp³-hybridized carbons (Fsp3) is 0.565. The smallest absolute Gasteiger partial charge is 0.351 e. The minimum Gasteiger partial charge on any atom is -0.351 e. The van der Waals surface area contributed by atoms with Gasteiger partial charge < -0.3 is 20.4 Å². The molecule has 0 bridgehead atoms. The number of anilines is 1. The number of piperidine rings is 1. The van der Waals surface area contributed by atoms with Crippen molar-refractivity contribution in [3.05, 3.63) is 42.5 Å². The second-order valence-corrected chi connectivity index (χ2v) is 8.10. The van der Waals surface area contributed by atoms with E-state index >= 15 is 0 Å². The van der Waals surface area contributed by atoms with Crippen LogP contribution in [0.3, 0.4) is 0 Å². The van der Waals surface area contributed by atoms with Gasteiger partial charge in [-0.3, -0.25) is 4.79 Å². The molecule has 0 saturated carbocycles. The Balaban J connectivity index is 2.08. The summed E-state index contributed by atoms with van der Waals surface area (Å²) in [5.41, 5.74) is -0.739. The number of alkyl halides is 3. The zero-order valence-corrected chi connectivity index (χ0v) is 18.8. The third kappa shape index (κ3) is 7.55. The normalized spacial score (nSPS) is 16.3. The summed E-state index contributed by atoms with van der Waals surface area (Å²) >= 11 is 0. The maximum Gasteiger partial charge on any atom is 0.416 e. The van der Waals surface area contributed by atoms with Gasteiger partial charge in [0.15, 0.2) is 0 Å². The number of nitrogens with one attached hydrogen (secondary N) is 2. The van der Waals surface area contributed by atoms with E-state index in [1.807, 2.05) is 0 Å². The molecule has 1 saturated heterocycles. The lowest BCUT2D eigenvalue weighted by Gasteiger charge is -2.40. The number of amides is 3. The van der Waals surface area contributed by atoms with E-state index in [0.29, 0.717) is 6.04 Å². The van der Waals surface area contributed by atoms with Crippen LogP contribution in [0.15, 0.2) is 36.9 Å². The number of rotatable bonds is 9. The summed E-state index contributed by atoms with van der Waals surface area (Å²) in [5, 5.41) is 5.25. The van der Waals surface area contributed by atoms with Gasteiger partial charge in [0.2, 0.25) is 5.91 Å². The Bertz CT molecular complexity index is 777. The molecule has 9 heteroatoms. The molecule has 1 fully saturated rings. The summed E-state index contributed by atoms with van der Waals surface area (Å²) in [7, 11) is 0. The van der Waals surface area contributed by atoms with E-state index in [-0.39, 0.29) is 30.7 Å². The molecular weight excluding hydrogens is 421 g/mol. The molecule has 2 rings (SSSR count). The van der Waals surface area contributed by atoms with Crippen LogP contribution in [0.2, 0.25) is 0 Å². The second-order valence-electron chi connectivity index (χ2n) is 8.10. The van der Waals surface area contributed by atoms with Crippen LogP contribution in [-0.4, -0.2) is 60.0 Å². The van der Waals surface area contributed by atoms with Gasteiger partial charge in [0, 0.05) is 44.0 Å². The fourth-order valence-corrected chi connectivity index (χ4v) is 4.03. The molecule has 0 spiro atoms. The van der Waals surface area contributed by atoms with E-state index in [9.17, 15) is 22.8 Å². The molecule has 1 heterocycles. The van der Waals surface area contributed by atoms with Crippen molar-refractivity contribution in [2.45, 2.75) is 57.8 Å². The summed E-state index contributed by atoms with van der Waals surface area (Å²) < 4.78 is 39.0. The number of nitrogens with zero attached hydrogens (tertiary/aromatic N) is 2. The molecule has 1 aliphatic rings. The van der Waals surface area contributed by atoms with Crippen molar-refractivity contribution in [2.75, 3.05) is 31.5 Å². The van der Waals surface area contributed by atoms with E-state index in [4.69, 9.17) is 0 Å². The van der Waals surface area contributed by atoms with Crippen LogP contribution in [-0.2, 0) is 11.0 Å². The fourth-order valence-electron chi connectivity index (χ4n) is 4.03. The van der Waals surface area contributed by atoms with Crippen molar-refractivity contribution in [3.8, 4) is 0 Å². The third-order valence-electron chi connectivity index (χ3n) is 5.81. The van der Waals surface area contributed by atoms with Crippen LogP contribution in [0.4, 0.5) is 23.7 Å². The highest BCUT2D eigenvalue weighted by Gasteiger charge is 2.32. The lowest BCUT2D eigenvalue weighted by atomic mass is 10.0. The van der Waals surface area contributed by atoms with Gasteiger partial charge in [0.05, 0.1) is 5.56 Å². The maximum absolute atomic E-state index is 13.0. The van der Waals surface area contributed by atoms with Crippen LogP contribution in [0.5, 0.6) is 0 Å². The van der Waals surface area contributed by atoms with Crippen LogP contribution < -0.4 is 10.6 Å². The number of hydrogen-bond donors (Lipinski definition) is 2. The topological polar surface area (TPSA) is 64.7 Å². The van der Waals surface area contributed by atoms with E-state index in [1.54, 1.807) is 4.90 Å². The summed E-state index contributed by atoms with van der Waals surface area (Å²) in [6.07, 6.45) is 0.407. The number of hydrogen-bond acceptors (Lipinski definition) is 3. The van der Waals surface area contributed by atoms with Crippen molar-refractivity contribution in [1.82, 2.24) is 15.1 Å². The van der Waals surface area contributed by atoms with Gasteiger partial charge in [-0.15, -0.1) is 0 Å². The predicted molar refractivity (Wildman–Crippen MR) is 119 cm³/mol. The van der Waals surface area contributed by atoms with Gasteiger partial charge in [-0.05, 0) is 50.5 Å². The highest BCUT2D eigenvalue weighted by Crippen LogP contribution is 2.31. The van der Waals surface area contributed by atoms with E-state index in [2.05, 4.69) is 36.0 Å². The van der Waals surface area contributed by atoms with E-state index in [0.717, 1.165) is 57.0 Å². The lowest BCUT2D eigenvalue weighted by Crippen LogP contribution is -2.52. The van der Waals surface area contributed by atoms with Crippen molar-refractivity contribution >= 4 is 17.6 Å².